The molecule has 1 amide bonds. The Balaban J connectivity index is 1.52. The number of hydrogen-bond acceptors (Lipinski definition) is 3. The third-order valence-electron chi connectivity index (χ3n) is 6.09. The smallest absolute Gasteiger partial charge is 0.243 e. The lowest BCUT2D eigenvalue weighted by Gasteiger charge is -2.21. The molecule has 0 aromatic heterocycles. The molecule has 1 aromatic rings. The average molecular weight is 379 g/mol. The summed E-state index contributed by atoms with van der Waals surface area (Å²) in [5.41, 5.74) is 0.921. The Kier molecular flexibility index (Phi) is 6.03. The van der Waals surface area contributed by atoms with E-state index >= 15 is 0 Å². The zero-order valence-corrected chi connectivity index (χ0v) is 16.6. The van der Waals surface area contributed by atoms with Crippen LogP contribution in [0.25, 0.3) is 0 Å². The molecule has 2 aliphatic rings. The highest BCUT2D eigenvalue weighted by Crippen LogP contribution is 2.49. The molecule has 0 radical (unpaired) electrons. The van der Waals surface area contributed by atoms with Crippen LogP contribution in [-0.4, -0.2) is 31.7 Å². The molecule has 0 spiro atoms. The van der Waals surface area contributed by atoms with Crippen LogP contribution in [0.2, 0.25) is 0 Å². The average Bonchev–Trinajstić information content (AvgIpc) is 3.24. The number of amides is 1. The van der Waals surface area contributed by atoms with Gasteiger partial charge in [0.15, 0.2) is 0 Å². The van der Waals surface area contributed by atoms with Crippen molar-refractivity contribution in [2.45, 2.75) is 57.4 Å². The van der Waals surface area contributed by atoms with Crippen LogP contribution in [0, 0.1) is 17.8 Å². The highest BCUT2D eigenvalue weighted by molar-refractivity contribution is 7.89. The number of fused-ring (bicyclic) bond motifs is 2. The molecule has 2 bridgehead atoms. The summed E-state index contributed by atoms with van der Waals surface area (Å²) in [5, 5.41) is 2.99. The van der Waals surface area contributed by atoms with Gasteiger partial charge in [-0.3, -0.25) is 4.79 Å². The lowest BCUT2D eigenvalue weighted by atomic mass is 9.86. The maximum absolute atomic E-state index is 12.5. The van der Waals surface area contributed by atoms with Crippen molar-refractivity contribution in [2.24, 2.45) is 17.8 Å². The Hall–Kier alpha value is -1.40. The fourth-order valence-corrected chi connectivity index (χ4v) is 6.09. The van der Waals surface area contributed by atoms with Crippen LogP contribution in [-0.2, 0) is 21.4 Å². The quantitative estimate of drug-likeness (QED) is 0.756. The summed E-state index contributed by atoms with van der Waals surface area (Å²) in [7, 11) is -3.42. The summed E-state index contributed by atoms with van der Waals surface area (Å²) in [4.78, 5) is 12.5. The van der Waals surface area contributed by atoms with Crippen molar-refractivity contribution in [3.8, 4) is 0 Å². The molecule has 0 unspecified atom stereocenters. The van der Waals surface area contributed by atoms with Crippen LogP contribution in [0.4, 0.5) is 0 Å². The molecular formula is C20H30N2O3S. The zero-order valence-electron chi connectivity index (χ0n) is 15.8. The van der Waals surface area contributed by atoms with E-state index in [-0.39, 0.29) is 5.91 Å². The van der Waals surface area contributed by atoms with Crippen molar-refractivity contribution in [3.63, 3.8) is 0 Å². The number of carbonyl (C=O) groups is 1. The fourth-order valence-electron chi connectivity index (χ4n) is 4.63. The maximum Gasteiger partial charge on any atom is 0.243 e. The highest BCUT2D eigenvalue weighted by atomic mass is 32.2. The minimum absolute atomic E-state index is 0.113. The first-order valence-electron chi connectivity index (χ1n) is 9.79. The van der Waals surface area contributed by atoms with Gasteiger partial charge in [-0.2, -0.15) is 4.31 Å². The Morgan fingerprint density at radius 1 is 1.12 bits per heavy atom. The standard InChI is InChI=1S/C20H30N2O3S/c1-3-22(4-2)26(24,25)19-9-6-15(7-10-19)14-21-20(23)13-18-12-16-5-8-17(18)11-16/h6-7,9-10,16-18H,3-5,8,11-14H2,1-2H3,(H,21,23)/t16-,17+,18+/m0/s1. The van der Waals surface area contributed by atoms with E-state index in [9.17, 15) is 13.2 Å². The minimum Gasteiger partial charge on any atom is -0.352 e. The van der Waals surface area contributed by atoms with Crippen LogP contribution in [0.1, 0.15) is 51.5 Å². The molecule has 1 aromatic carbocycles. The second kappa shape index (κ2) is 8.09. The molecular weight excluding hydrogens is 348 g/mol. The second-order valence-electron chi connectivity index (χ2n) is 7.65. The van der Waals surface area contributed by atoms with Gasteiger partial charge in [0.05, 0.1) is 4.90 Å². The largest absolute Gasteiger partial charge is 0.352 e. The molecule has 26 heavy (non-hydrogen) atoms. The molecule has 0 heterocycles. The van der Waals surface area contributed by atoms with Gasteiger partial charge >= 0.3 is 0 Å². The lowest BCUT2D eigenvalue weighted by molar-refractivity contribution is -0.122. The van der Waals surface area contributed by atoms with E-state index in [0.717, 1.165) is 17.4 Å². The highest BCUT2D eigenvalue weighted by Gasteiger charge is 2.40. The van der Waals surface area contributed by atoms with E-state index in [0.29, 0.717) is 36.9 Å². The number of nitrogens with one attached hydrogen (secondary N) is 1. The monoisotopic (exact) mass is 378 g/mol. The molecule has 0 saturated heterocycles. The number of sulfonamides is 1. The number of carbonyl (C=O) groups excluding carboxylic acids is 1. The van der Waals surface area contributed by atoms with Gasteiger partial charge in [0.2, 0.25) is 15.9 Å². The third kappa shape index (κ3) is 4.12. The van der Waals surface area contributed by atoms with E-state index < -0.39 is 10.0 Å². The number of nitrogens with zero attached hydrogens (tertiary/aromatic N) is 1. The van der Waals surface area contributed by atoms with Crippen molar-refractivity contribution >= 4 is 15.9 Å². The molecule has 2 aliphatic carbocycles. The van der Waals surface area contributed by atoms with Gasteiger partial charge in [0.25, 0.3) is 0 Å². The Morgan fingerprint density at radius 2 is 1.81 bits per heavy atom. The van der Waals surface area contributed by atoms with Crippen LogP contribution >= 0.6 is 0 Å². The summed E-state index contributed by atoms with van der Waals surface area (Å²) < 4.78 is 26.4. The lowest BCUT2D eigenvalue weighted by Crippen LogP contribution is -2.30. The first kappa shape index (κ1) is 19.4. The number of rotatable bonds is 8. The molecule has 1 N–H and O–H groups in total. The third-order valence-corrected chi connectivity index (χ3v) is 8.15. The summed E-state index contributed by atoms with van der Waals surface area (Å²) in [5.74, 6) is 2.30. The van der Waals surface area contributed by atoms with Crippen molar-refractivity contribution in [3.05, 3.63) is 29.8 Å². The van der Waals surface area contributed by atoms with Crippen molar-refractivity contribution in [1.82, 2.24) is 9.62 Å². The summed E-state index contributed by atoms with van der Waals surface area (Å²) >= 11 is 0. The van der Waals surface area contributed by atoms with Gasteiger partial charge in [-0.05, 0) is 54.7 Å². The zero-order chi connectivity index (χ0) is 18.7. The summed E-state index contributed by atoms with van der Waals surface area (Å²) in [6.45, 7) is 5.03. The van der Waals surface area contributed by atoms with Crippen LogP contribution in [0.15, 0.2) is 29.2 Å². The van der Waals surface area contributed by atoms with E-state index in [1.807, 2.05) is 13.8 Å². The van der Waals surface area contributed by atoms with E-state index in [4.69, 9.17) is 0 Å². The van der Waals surface area contributed by atoms with Gasteiger partial charge < -0.3 is 5.32 Å². The number of benzene rings is 1. The van der Waals surface area contributed by atoms with Crippen molar-refractivity contribution in [2.75, 3.05) is 13.1 Å². The van der Waals surface area contributed by atoms with E-state index in [1.54, 1.807) is 24.3 Å². The van der Waals surface area contributed by atoms with Crippen LogP contribution < -0.4 is 5.32 Å². The van der Waals surface area contributed by atoms with E-state index in [1.165, 1.54) is 30.0 Å². The predicted molar refractivity (Wildman–Crippen MR) is 102 cm³/mol. The topological polar surface area (TPSA) is 66.5 Å². The molecule has 3 rings (SSSR count). The second-order valence-corrected chi connectivity index (χ2v) is 9.59. The van der Waals surface area contributed by atoms with Crippen LogP contribution in [0.3, 0.4) is 0 Å². The number of hydrogen-bond donors (Lipinski definition) is 1. The molecule has 5 nitrogen and oxygen atoms in total. The van der Waals surface area contributed by atoms with Gasteiger partial charge in [-0.1, -0.05) is 32.4 Å². The molecule has 144 valence electrons. The normalized spacial score (nSPS) is 25.0. The van der Waals surface area contributed by atoms with Gasteiger partial charge in [0, 0.05) is 26.1 Å². The summed E-state index contributed by atoms with van der Waals surface area (Å²) in [6.07, 6.45) is 5.82. The molecule has 2 saturated carbocycles. The van der Waals surface area contributed by atoms with E-state index in [2.05, 4.69) is 5.32 Å². The Labute approximate surface area is 157 Å². The Bertz CT molecular complexity index is 726. The first-order valence-corrected chi connectivity index (χ1v) is 11.2. The molecule has 6 heteroatoms. The SMILES string of the molecule is CCN(CC)S(=O)(=O)c1ccc(CNC(=O)C[C@H]2C[C@H]3CC[C@@H]2C3)cc1. The maximum atomic E-state index is 12.5. The Morgan fingerprint density at radius 3 is 2.35 bits per heavy atom. The first-order chi connectivity index (χ1) is 12.4. The van der Waals surface area contributed by atoms with Crippen molar-refractivity contribution < 1.29 is 13.2 Å². The fraction of sp³-hybridized carbons (Fsp3) is 0.650. The van der Waals surface area contributed by atoms with Gasteiger partial charge in [-0.15, -0.1) is 0 Å². The molecule has 3 atom stereocenters. The van der Waals surface area contributed by atoms with Gasteiger partial charge in [0.1, 0.15) is 0 Å². The van der Waals surface area contributed by atoms with Crippen molar-refractivity contribution in [1.29, 1.82) is 0 Å². The predicted octanol–water partition coefficient (Wildman–Crippen LogP) is 3.16. The summed E-state index contributed by atoms with van der Waals surface area (Å²) in [6, 6.07) is 6.83. The van der Waals surface area contributed by atoms with Crippen LogP contribution in [0.5, 0.6) is 0 Å². The van der Waals surface area contributed by atoms with Gasteiger partial charge in [-0.25, -0.2) is 8.42 Å². The molecule has 2 fully saturated rings. The molecule has 0 aliphatic heterocycles. The minimum atomic E-state index is -3.42.